The molecule has 1 fully saturated rings. The van der Waals surface area contributed by atoms with E-state index in [-0.39, 0.29) is 12.2 Å². The Morgan fingerprint density at radius 2 is 2.30 bits per heavy atom. The van der Waals surface area contributed by atoms with Crippen LogP contribution in [0.25, 0.3) is 0 Å². The van der Waals surface area contributed by atoms with E-state index in [1.165, 1.54) is 39.2 Å². The molecule has 27 heavy (non-hydrogen) atoms. The molecule has 0 saturated carbocycles. The number of rotatable bonds is 7. The van der Waals surface area contributed by atoms with Gasteiger partial charge in [0.1, 0.15) is 17.1 Å². The highest BCUT2D eigenvalue weighted by Crippen LogP contribution is 2.41. The van der Waals surface area contributed by atoms with Crippen LogP contribution in [0, 0.1) is 0 Å². The first-order chi connectivity index (χ1) is 12.9. The molecular formula is C14H17N7O4S2. The van der Waals surface area contributed by atoms with Gasteiger partial charge >= 0.3 is 12.0 Å². The molecule has 11 nitrogen and oxygen atoms in total. The van der Waals surface area contributed by atoms with Crippen molar-refractivity contribution in [2.24, 2.45) is 7.05 Å². The van der Waals surface area contributed by atoms with Crippen molar-refractivity contribution in [2.45, 2.75) is 16.6 Å². The monoisotopic (exact) mass is 411 g/mol. The summed E-state index contributed by atoms with van der Waals surface area (Å²) in [5.74, 6) is -0.839. The molecule has 0 spiro atoms. The van der Waals surface area contributed by atoms with Crippen LogP contribution in [0.3, 0.4) is 0 Å². The van der Waals surface area contributed by atoms with E-state index in [1.807, 2.05) is 0 Å². The first-order valence-corrected chi connectivity index (χ1v) is 9.88. The SMILES string of the molecule is C=CCNC(=O)NC1C(=O)N2C(C(=O)O)=C(CSc3nnnn3C)CS[C@@H]12. The number of aliphatic carboxylic acids is 1. The Hall–Kier alpha value is -2.54. The molecule has 0 aliphatic carbocycles. The van der Waals surface area contributed by atoms with E-state index >= 15 is 0 Å². The van der Waals surface area contributed by atoms with Gasteiger partial charge in [-0.2, -0.15) is 0 Å². The van der Waals surface area contributed by atoms with Crippen LogP contribution in [0.15, 0.2) is 29.1 Å². The Kier molecular flexibility index (Phi) is 5.70. The normalized spacial score (nSPS) is 21.4. The molecular weight excluding hydrogens is 394 g/mol. The molecule has 3 N–H and O–H groups in total. The van der Waals surface area contributed by atoms with Gasteiger partial charge in [-0.1, -0.05) is 17.8 Å². The molecule has 0 aromatic carbocycles. The Morgan fingerprint density at radius 1 is 1.52 bits per heavy atom. The van der Waals surface area contributed by atoms with Crippen LogP contribution in [0.4, 0.5) is 4.79 Å². The lowest BCUT2D eigenvalue weighted by atomic mass is 10.0. The van der Waals surface area contributed by atoms with Crippen LogP contribution in [0.1, 0.15) is 0 Å². The largest absolute Gasteiger partial charge is 0.477 e. The highest BCUT2D eigenvalue weighted by Gasteiger charge is 2.54. The number of β-lactam (4-membered cyclic amide) rings is 1. The second kappa shape index (κ2) is 8.00. The van der Waals surface area contributed by atoms with Crippen LogP contribution in [0.2, 0.25) is 0 Å². The summed E-state index contributed by atoms with van der Waals surface area (Å²) in [4.78, 5) is 37.2. The number of aryl methyl sites for hydroxylation is 1. The summed E-state index contributed by atoms with van der Waals surface area (Å²) in [5.41, 5.74) is 0.579. The third-order valence-electron chi connectivity index (χ3n) is 3.90. The number of carbonyl (C=O) groups is 3. The zero-order valence-electron chi connectivity index (χ0n) is 14.3. The smallest absolute Gasteiger partial charge is 0.352 e. The summed E-state index contributed by atoms with van der Waals surface area (Å²) in [6.45, 7) is 3.77. The van der Waals surface area contributed by atoms with Crippen molar-refractivity contribution in [3.8, 4) is 0 Å². The standard InChI is InChI=1S/C14H17N7O4S2/c1-3-4-15-13(25)16-8-10(22)21-9(12(23)24)7(5-26-11(8)21)6-27-14-17-18-19-20(14)2/h3,8,11H,1,4-6H2,2H3,(H,23,24)(H2,15,16,25)/t8?,11-/m0/s1. The summed E-state index contributed by atoms with van der Waals surface area (Å²) in [6.07, 6.45) is 1.52. The number of hydrogen-bond acceptors (Lipinski definition) is 8. The van der Waals surface area contributed by atoms with E-state index in [4.69, 9.17) is 0 Å². The minimum atomic E-state index is -1.17. The number of amides is 3. The minimum absolute atomic E-state index is 0.0315. The predicted molar refractivity (Wildman–Crippen MR) is 97.8 cm³/mol. The van der Waals surface area contributed by atoms with Crippen molar-refractivity contribution in [2.75, 3.05) is 18.1 Å². The van der Waals surface area contributed by atoms with Gasteiger partial charge in [-0.25, -0.2) is 14.3 Å². The molecule has 3 heterocycles. The fourth-order valence-corrected chi connectivity index (χ4v) is 4.98. The maximum Gasteiger partial charge on any atom is 0.352 e. The van der Waals surface area contributed by atoms with Gasteiger partial charge in [0, 0.05) is 25.1 Å². The number of carboxylic acid groups (broad SMARTS) is 1. The topological polar surface area (TPSA) is 142 Å². The number of nitrogens with zero attached hydrogens (tertiary/aromatic N) is 5. The van der Waals surface area contributed by atoms with E-state index < -0.39 is 29.3 Å². The molecule has 13 heteroatoms. The molecule has 1 unspecified atom stereocenters. The molecule has 1 aromatic heterocycles. The van der Waals surface area contributed by atoms with Crippen LogP contribution in [-0.4, -0.2) is 77.6 Å². The van der Waals surface area contributed by atoms with E-state index in [0.29, 0.717) is 22.2 Å². The van der Waals surface area contributed by atoms with Crippen molar-refractivity contribution < 1.29 is 19.5 Å². The molecule has 1 aromatic rings. The van der Waals surface area contributed by atoms with E-state index in [1.54, 1.807) is 7.05 Å². The Balaban J connectivity index is 1.71. The molecule has 0 bridgehead atoms. The molecule has 1 saturated heterocycles. The number of carbonyl (C=O) groups excluding carboxylic acids is 2. The average Bonchev–Trinajstić information content (AvgIpc) is 3.06. The van der Waals surface area contributed by atoms with E-state index in [2.05, 4.69) is 32.7 Å². The van der Waals surface area contributed by atoms with Gasteiger partial charge in [-0.05, 0) is 16.0 Å². The molecule has 2 aliphatic rings. The quantitative estimate of drug-likeness (QED) is 0.305. The van der Waals surface area contributed by atoms with Gasteiger partial charge in [-0.15, -0.1) is 23.4 Å². The number of tetrazole rings is 1. The highest BCUT2D eigenvalue weighted by molar-refractivity contribution is 8.01. The van der Waals surface area contributed by atoms with Gasteiger partial charge in [-0.3, -0.25) is 9.69 Å². The summed E-state index contributed by atoms with van der Waals surface area (Å²) in [7, 11) is 1.69. The first-order valence-electron chi connectivity index (χ1n) is 7.84. The van der Waals surface area contributed by atoms with Crippen LogP contribution in [0.5, 0.6) is 0 Å². The molecule has 3 amide bonds. The summed E-state index contributed by atoms with van der Waals surface area (Å²) < 4.78 is 1.49. The highest BCUT2D eigenvalue weighted by atomic mass is 32.2. The molecule has 3 rings (SSSR count). The number of fused-ring (bicyclic) bond motifs is 1. The zero-order valence-corrected chi connectivity index (χ0v) is 15.9. The number of carboxylic acids is 1. The fraction of sp³-hybridized carbons (Fsp3) is 0.429. The van der Waals surface area contributed by atoms with Crippen LogP contribution >= 0.6 is 23.5 Å². The molecule has 2 aliphatic heterocycles. The average molecular weight is 411 g/mol. The lowest BCUT2D eigenvalue weighted by Gasteiger charge is -2.49. The lowest BCUT2D eigenvalue weighted by Crippen LogP contribution is -2.71. The number of urea groups is 1. The van der Waals surface area contributed by atoms with Gasteiger partial charge in [0.2, 0.25) is 5.16 Å². The lowest BCUT2D eigenvalue weighted by molar-refractivity contribution is -0.148. The van der Waals surface area contributed by atoms with Crippen molar-refractivity contribution >= 4 is 41.4 Å². The van der Waals surface area contributed by atoms with Crippen molar-refractivity contribution in [3.05, 3.63) is 23.9 Å². The summed E-state index contributed by atoms with van der Waals surface area (Å²) >= 11 is 2.71. The second-order valence-electron chi connectivity index (χ2n) is 5.66. The number of hydrogen-bond donors (Lipinski definition) is 3. The van der Waals surface area contributed by atoms with Crippen molar-refractivity contribution in [1.29, 1.82) is 0 Å². The first kappa shape index (κ1) is 19.2. The number of thioether (sulfide) groups is 2. The second-order valence-corrected chi connectivity index (χ2v) is 7.71. The predicted octanol–water partition coefficient (Wildman–Crippen LogP) is -0.590. The third-order valence-corrected chi connectivity index (χ3v) is 6.34. The number of aromatic nitrogens is 4. The van der Waals surface area contributed by atoms with Crippen LogP contribution < -0.4 is 10.6 Å². The molecule has 144 valence electrons. The Bertz CT molecular complexity index is 824. The van der Waals surface area contributed by atoms with Gasteiger partial charge in [0.25, 0.3) is 5.91 Å². The Morgan fingerprint density at radius 3 is 2.93 bits per heavy atom. The van der Waals surface area contributed by atoms with Crippen LogP contribution in [-0.2, 0) is 16.6 Å². The van der Waals surface area contributed by atoms with E-state index in [9.17, 15) is 19.5 Å². The fourth-order valence-electron chi connectivity index (χ4n) is 2.65. The zero-order chi connectivity index (χ0) is 19.6. The summed E-state index contributed by atoms with van der Waals surface area (Å²) in [5, 5.41) is 25.9. The summed E-state index contributed by atoms with van der Waals surface area (Å²) in [6, 6.07) is -1.25. The Labute approximate surface area is 162 Å². The van der Waals surface area contributed by atoms with E-state index in [0.717, 1.165) is 0 Å². The maximum atomic E-state index is 12.5. The molecule has 0 radical (unpaired) electrons. The van der Waals surface area contributed by atoms with Gasteiger partial charge in [0.05, 0.1) is 0 Å². The van der Waals surface area contributed by atoms with Gasteiger partial charge < -0.3 is 15.7 Å². The van der Waals surface area contributed by atoms with Crippen molar-refractivity contribution in [3.63, 3.8) is 0 Å². The maximum absolute atomic E-state index is 12.5. The minimum Gasteiger partial charge on any atom is -0.477 e. The number of nitrogens with one attached hydrogen (secondary N) is 2. The third kappa shape index (κ3) is 3.78. The van der Waals surface area contributed by atoms with Gasteiger partial charge in [0.15, 0.2) is 0 Å². The molecule has 2 atom stereocenters. The van der Waals surface area contributed by atoms with Crippen molar-refractivity contribution in [1.82, 2.24) is 35.7 Å².